The van der Waals surface area contributed by atoms with Crippen molar-refractivity contribution in [1.29, 1.82) is 0 Å². The molecule has 0 radical (unpaired) electrons. The Morgan fingerprint density at radius 1 is 1.00 bits per heavy atom. The molecule has 1 aromatic heterocycles. The van der Waals surface area contributed by atoms with E-state index in [1.54, 1.807) is 0 Å². The molecular weight excluding hydrogens is 246 g/mol. The summed E-state index contributed by atoms with van der Waals surface area (Å²) in [5.41, 5.74) is 1.43. The summed E-state index contributed by atoms with van der Waals surface area (Å²) in [4.78, 5) is 0. The molecule has 0 aromatic carbocycles. The lowest BCUT2D eigenvalue weighted by atomic mass is 10.1. The van der Waals surface area contributed by atoms with Crippen LogP contribution in [0.25, 0.3) is 0 Å². The molecule has 20 heavy (non-hydrogen) atoms. The molecule has 0 spiro atoms. The number of quaternary nitrogens is 2. The zero-order valence-electron chi connectivity index (χ0n) is 14.0. The first kappa shape index (κ1) is 15.5. The molecule has 1 fully saturated rings. The minimum absolute atomic E-state index is 0.622. The fraction of sp³-hybridized carbons (Fsp3) is 0.706. The molecule has 0 saturated carbocycles. The van der Waals surface area contributed by atoms with Crippen molar-refractivity contribution in [3.8, 4) is 0 Å². The molecule has 0 amide bonds. The van der Waals surface area contributed by atoms with Crippen molar-refractivity contribution in [2.75, 3.05) is 53.9 Å². The fourth-order valence-electron chi connectivity index (χ4n) is 2.83. The lowest BCUT2D eigenvalue weighted by Gasteiger charge is -2.43. The summed E-state index contributed by atoms with van der Waals surface area (Å²) in [6.07, 6.45) is 4.48. The number of likely N-dealkylation sites (N-methyl/N-ethyl adjacent to an activating group) is 2. The van der Waals surface area contributed by atoms with Crippen molar-refractivity contribution in [2.24, 2.45) is 0 Å². The Labute approximate surface area is 124 Å². The summed E-state index contributed by atoms with van der Waals surface area (Å²) in [6.45, 7) is 12.1. The minimum atomic E-state index is 0.622. The summed E-state index contributed by atoms with van der Waals surface area (Å²) in [5.74, 6) is 0.622. The molecule has 1 aromatic rings. The van der Waals surface area contributed by atoms with Crippen LogP contribution in [0.3, 0.4) is 0 Å². The van der Waals surface area contributed by atoms with E-state index in [0.29, 0.717) is 5.92 Å². The molecule has 0 unspecified atom stereocenters. The van der Waals surface area contributed by atoms with Crippen molar-refractivity contribution in [3.63, 3.8) is 0 Å². The quantitative estimate of drug-likeness (QED) is 0.582. The van der Waals surface area contributed by atoms with E-state index < -0.39 is 0 Å². The van der Waals surface area contributed by atoms with E-state index >= 15 is 0 Å². The van der Waals surface area contributed by atoms with Crippen LogP contribution in [0.1, 0.15) is 25.3 Å². The van der Waals surface area contributed by atoms with Gasteiger partial charge in [-0.3, -0.25) is 0 Å². The van der Waals surface area contributed by atoms with Crippen LogP contribution in [0.4, 0.5) is 0 Å². The largest absolute Gasteiger partial charge is 0.319 e. The van der Waals surface area contributed by atoms with Gasteiger partial charge in [-0.25, -0.2) is 0 Å². The highest BCUT2D eigenvalue weighted by molar-refractivity contribution is 5.11. The predicted octanol–water partition coefficient (Wildman–Crippen LogP) is 1.63. The molecule has 112 valence electrons. The van der Waals surface area contributed by atoms with Crippen LogP contribution in [0.2, 0.25) is 0 Å². The summed E-state index contributed by atoms with van der Waals surface area (Å²) in [6, 6.07) is 4.53. The number of pyridine rings is 1. The SMILES string of the molecule is CC(C)c1cc[n+](CC[N+]2(C)CC[N+](C)(C)CC2)cc1. The third kappa shape index (κ3) is 4.03. The van der Waals surface area contributed by atoms with Crippen LogP contribution < -0.4 is 4.57 Å². The van der Waals surface area contributed by atoms with Gasteiger partial charge in [0.25, 0.3) is 0 Å². The maximum atomic E-state index is 2.42. The monoisotopic (exact) mass is 278 g/mol. The van der Waals surface area contributed by atoms with Crippen LogP contribution in [0, 0.1) is 0 Å². The second-order valence-electron chi connectivity index (χ2n) is 7.70. The number of aromatic nitrogens is 1. The Kier molecular flexibility index (Phi) is 4.50. The number of hydrogen-bond donors (Lipinski definition) is 0. The summed E-state index contributed by atoms with van der Waals surface area (Å²) in [5, 5.41) is 0. The molecule has 3 heteroatoms. The first-order valence-electron chi connectivity index (χ1n) is 7.94. The van der Waals surface area contributed by atoms with Crippen molar-refractivity contribution >= 4 is 0 Å². The van der Waals surface area contributed by atoms with Crippen LogP contribution in [-0.4, -0.2) is 62.8 Å². The summed E-state index contributed by atoms with van der Waals surface area (Å²) < 4.78 is 4.74. The van der Waals surface area contributed by atoms with Gasteiger partial charge < -0.3 is 8.97 Å². The van der Waals surface area contributed by atoms with Crippen LogP contribution >= 0.6 is 0 Å². The maximum absolute atomic E-state index is 2.42. The lowest BCUT2D eigenvalue weighted by molar-refractivity contribution is -1.01. The highest BCUT2D eigenvalue weighted by atomic mass is 15.4. The zero-order chi connectivity index (χ0) is 14.8. The van der Waals surface area contributed by atoms with E-state index in [9.17, 15) is 0 Å². The molecule has 2 rings (SSSR count). The van der Waals surface area contributed by atoms with Gasteiger partial charge in [0.1, 0.15) is 32.7 Å². The first-order chi connectivity index (χ1) is 9.30. The van der Waals surface area contributed by atoms with Gasteiger partial charge in [0.05, 0.1) is 21.1 Å². The Morgan fingerprint density at radius 3 is 2.05 bits per heavy atom. The smallest absolute Gasteiger partial charge is 0.196 e. The predicted molar refractivity (Wildman–Crippen MR) is 83.4 cm³/mol. The van der Waals surface area contributed by atoms with Crippen molar-refractivity contribution in [1.82, 2.24) is 0 Å². The second-order valence-corrected chi connectivity index (χ2v) is 7.70. The number of rotatable bonds is 4. The average molecular weight is 278 g/mol. The fourth-order valence-corrected chi connectivity index (χ4v) is 2.83. The molecule has 1 saturated heterocycles. The van der Waals surface area contributed by atoms with E-state index in [2.05, 4.69) is 64.1 Å². The molecule has 0 bridgehead atoms. The van der Waals surface area contributed by atoms with Crippen molar-refractivity contribution in [2.45, 2.75) is 26.3 Å². The van der Waals surface area contributed by atoms with Crippen LogP contribution in [0.15, 0.2) is 24.5 Å². The molecule has 0 N–H and O–H groups in total. The van der Waals surface area contributed by atoms with E-state index in [-0.39, 0.29) is 0 Å². The molecular formula is C17H32N3+3. The molecule has 1 aliphatic rings. The standard InChI is InChI=1S/C17H32N3/c1-16(2)17-6-8-18(9-7-17)10-11-20(5)14-12-19(3,4)13-15-20/h6-9,16H,10-15H2,1-5H3/q+3. The van der Waals surface area contributed by atoms with Gasteiger partial charge in [0.2, 0.25) is 0 Å². The lowest BCUT2D eigenvalue weighted by Crippen LogP contribution is -2.64. The molecule has 3 nitrogen and oxygen atoms in total. The normalized spacial score (nSPS) is 21.1. The summed E-state index contributed by atoms with van der Waals surface area (Å²) in [7, 11) is 7.12. The molecule has 0 aliphatic carbocycles. The molecule has 0 atom stereocenters. The van der Waals surface area contributed by atoms with E-state index in [4.69, 9.17) is 0 Å². The first-order valence-corrected chi connectivity index (χ1v) is 7.94. The highest BCUT2D eigenvalue weighted by Gasteiger charge is 2.34. The van der Waals surface area contributed by atoms with Gasteiger partial charge in [-0.2, -0.15) is 4.57 Å². The van der Waals surface area contributed by atoms with Crippen LogP contribution in [0.5, 0.6) is 0 Å². The van der Waals surface area contributed by atoms with Gasteiger partial charge in [0, 0.05) is 12.1 Å². The van der Waals surface area contributed by atoms with Gasteiger partial charge in [0.15, 0.2) is 18.9 Å². The van der Waals surface area contributed by atoms with Crippen molar-refractivity contribution in [3.05, 3.63) is 30.1 Å². The van der Waals surface area contributed by atoms with Gasteiger partial charge in [-0.15, -0.1) is 0 Å². The number of hydrogen-bond acceptors (Lipinski definition) is 0. The van der Waals surface area contributed by atoms with Crippen molar-refractivity contribution < 1.29 is 13.5 Å². The molecule has 2 heterocycles. The van der Waals surface area contributed by atoms with E-state index in [1.807, 2.05) is 0 Å². The molecule has 1 aliphatic heterocycles. The Morgan fingerprint density at radius 2 is 1.55 bits per heavy atom. The minimum Gasteiger partial charge on any atom is -0.319 e. The third-order valence-electron chi connectivity index (χ3n) is 4.97. The van der Waals surface area contributed by atoms with Gasteiger partial charge in [-0.05, 0) is 11.5 Å². The van der Waals surface area contributed by atoms with Crippen LogP contribution in [-0.2, 0) is 6.54 Å². The summed E-state index contributed by atoms with van der Waals surface area (Å²) >= 11 is 0. The van der Waals surface area contributed by atoms with E-state index in [1.165, 1.54) is 47.3 Å². The Bertz CT molecular complexity index is 424. The Balaban J connectivity index is 1.88. The highest BCUT2D eigenvalue weighted by Crippen LogP contribution is 2.13. The third-order valence-corrected chi connectivity index (χ3v) is 4.97. The van der Waals surface area contributed by atoms with Gasteiger partial charge in [-0.1, -0.05) is 13.8 Å². The number of piperazine rings is 1. The Hall–Kier alpha value is -0.930. The topological polar surface area (TPSA) is 3.88 Å². The van der Waals surface area contributed by atoms with E-state index in [0.717, 1.165) is 6.54 Å². The second kappa shape index (κ2) is 5.82. The maximum Gasteiger partial charge on any atom is 0.196 e. The zero-order valence-corrected chi connectivity index (χ0v) is 14.0. The number of nitrogens with zero attached hydrogens (tertiary/aromatic N) is 3. The average Bonchev–Trinajstić information content (AvgIpc) is 2.41. The van der Waals surface area contributed by atoms with Gasteiger partial charge >= 0.3 is 0 Å².